The number of hydrogen-bond donors (Lipinski definition) is 1. The van der Waals surface area contributed by atoms with Crippen LogP contribution in [-0.2, 0) is 20.4 Å². The molecule has 1 saturated heterocycles. The summed E-state index contributed by atoms with van der Waals surface area (Å²) in [6.45, 7) is 2.31. The highest BCUT2D eigenvalue weighted by Crippen LogP contribution is 2.35. The van der Waals surface area contributed by atoms with Gasteiger partial charge < -0.3 is 10.2 Å². The van der Waals surface area contributed by atoms with Crippen molar-refractivity contribution >= 4 is 22.6 Å². The smallest absolute Gasteiger partial charge is 0.246 e. The van der Waals surface area contributed by atoms with Crippen LogP contribution >= 0.6 is 0 Å². The van der Waals surface area contributed by atoms with Gasteiger partial charge in [-0.05, 0) is 25.2 Å². The van der Waals surface area contributed by atoms with Crippen molar-refractivity contribution in [2.45, 2.75) is 38.3 Å². The van der Waals surface area contributed by atoms with E-state index in [4.69, 9.17) is 0 Å². The van der Waals surface area contributed by atoms with Crippen LogP contribution in [0.2, 0.25) is 0 Å². The molecule has 0 bridgehead atoms. The molecule has 6 heteroatoms. The van der Waals surface area contributed by atoms with Gasteiger partial charge in [0, 0.05) is 29.4 Å². The van der Waals surface area contributed by atoms with E-state index in [2.05, 4.69) is 5.32 Å². The lowest BCUT2D eigenvalue weighted by atomic mass is 10.0. The van der Waals surface area contributed by atoms with Gasteiger partial charge in [-0.1, -0.05) is 6.92 Å². The summed E-state index contributed by atoms with van der Waals surface area (Å²) in [5.74, 6) is 0.701. The third kappa shape index (κ3) is 2.74. The molecule has 1 heterocycles. The fourth-order valence-electron chi connectivity index (χ4n) is 2.43. The molecular weight excluding hydrogens is 252 g/mol. The predicted molar refractivity (Wildman–Crippen MR) is 69.4 cm³/mol. The van der Waals surface area contributed by atoms with Crippen LogP contribution in [0.3, 0.4) is 0 Å². The quantitative estimate of drug-likeness (QED) is 0.759. The third-order valence-electron chi connectivity index (χ3n) is 3.63. The molecule has 3 atom stereocenters. The van der Waals surface area contributed by atoms with Gasteiger partial charge in [0.05, 0.1) is 0 Å². The molecular formula is C12H20N2O3S. The Labute approximate surface area is 110 Å². The average molecular weight is 272 g/mol. The molecule has 1 saturated carbocycles. The molecule has 0 spiro atoms. The van der Waals surface area contributed by atoms with E-state index in [-0.39, 0.29) is 17.9 Å². The fourth-order valence-corrected chi connectivity index (χ4v) is 2.89. The normalized spacial score (nSPS) is 30.2. The van der Waals surface area contributed by atoms with Gasteiger partial charge in [-0.2, -0.15) is 0 Å². The van der Waals surface area contributed by atoms with Crippen molar-refractivity contribution < 1.29 is 13.8 Å². The Morgan fingerprint density at radius 2 is 2.06 bits per heavy atom. The monoisotopic (exact) mass is 272 g/mol. The SMILES string of the molecule is CCC1C(=O)NC(C2CC2)C(=O)N1CCS(C)=O. The lowest BCUT2D eigenvalue weighted by Crippen LogP contribution is -2.64. The van der Waals surface area contributed by atoms with Gasteiger partial charge in [0.25, 0.3) is 0 Å². The lowest BCUT2D eigenvalue weighted by Gasteiger charge is -2.38. The number of nitrogens with zero attached hydrogens (tertiary/aromatic N) is 1. The molecule has 5 nitrogen and oxygen atoms in total. The summed E-state index contributed by atoms with van der Waals surface area (Å²) in [6, 6.07) is -0.735. The minimum absolute atomic E-state index is 0.00870. The van der Waals surface area contributed by atoms with Crippen molar-refractivity contribution in [2.75, 3.05) is 18.6 Å². The minimum atomic E-state index is -0.942. The van der Waals surface area contributed by atoms with Crippen LogP contribution in [0.1, 0.15) is 26.2 Å². The highest BCUT2D eigenvalue weighted by molar-refractivity contribution is 7.84. The molecule has 102 valence electrons. The number of rotatable bonds is 5. The molecule has 2 amide bonds. The van der Waals surface area contributed by atoms with Crippen LogP contribution in [0, 0.1) is 5.92 Å². The fraction of sp³-hybridized carbons (Fsp3) is 0.833. The number of nitrogens with one attached hydrogen (secondary N) is 1. The predicted octanol–water partition coefficient (Wildman–Crippen LogP) is -0.119. The summed E-state index contributed by atoms with van der Waals surface area (Å²) >= 11 is 0. The first-order chi connectivity index (χ1) is 8.54. The molecule has 2 aliphatic rings. The number of carbonyl (C=O) groups excluding carboxylic acids is 2. The zero-order valence-corrected chi connectivity index (χ0v) is 11.7. The molecule has 0 aromatic heterocycles. The van der Waals surface area contributed by atoms with Gasteiger partial charge in [0.15, 0.2) is 0 Å². The Kier molecular flexibility index (Phi) is 4.04. The Hall–Kier alpha value is -0.910. The first kappa shape index (κ1) is 13.5. The van der Waals surface area contributed by atoms with Gasteiger partial charge in [-0.25, -0.2) is 0 Å². The molecule has 18 heavy (non-hydrogen) atoms. The molecule has 0 aromatic rings. The lowest BCUT2D eigenvalue weighted by molar-refractivity contribution is -0.149. The molecule has 3 unspecified atom stereocenters. The van der Waals surface area contributed by atoms with E-state index >= 15 is 0 Å². The number of carbonyl (C=O) groups is 2. The van der Waals surface area contributed by atoms with Gasteiger partial charge in [-0.15, -0.1) is 0 Å². The second-order valence-electron chi connectivity index (χ2n) is 5.06. The summed E-state index contributed by atoms with van der Waals surface area (Å²) < 4.78 is 11.2. The van der Waals surface area contributed by atoms with Crippen molar-refractivity contribution in [2.24, 2.45) is 5.92 Å². The van der Waals surface area contributed by atoms with Crippen LogP contribution in [0.15, 0.2) is 0 Å². The number of amides is 2. The van der Waals surface area contributed by atoms with Crippen molar-refractivity contribution in [3.8, 4) is 0 Å². The van der Waals surface area contributed by atoms with Crippen LogP contribution in [-0.4, -0.2) is 51.6 Å². The van der Waals surface area contributed by atoms with Gasteiger partial charge >= 0.3 is 0 Å². The topological polar surface area (TPSA) is 66.5 Å². The molecule has 1 N–H and O–H groups in total. The van der Waals surface area contributed by atoms with E-state index in [1.807, 2.05) is 6.92 Å². The second kappa shape index (κ2) is 5.38. The van der Waals surface area contributed by atoms with Gasteiger partial charge in [0.2, 0.25) is 11.8 Å². The Balaban J connectivity index is 2.10. The van der Waals surface area contributed by atoms with Gasteiger partial charge in [0.1, 0.15) is 12.1 Å². The Morgan fingerprint density at radius 1 is 1.39 bits per heavy atom. The summed E-state index contributed by atoms with van der Waals surface area (Å²) in [6.07, 6.45) is 4.25. The third-order valence-corrected chi connectivity index (χ3v) is 4.38. The van der Waals surface area contributed by atoms with E-state index in [0.717, 1.165) is 12.8 Å². The maximum absolute atomic E-state index is 12.3. The Morgan fingerprint density at radius 3 is 2.56 bits per heavy atom. The zero-order chi connectivity index (χ0) is 13.3. The van der Waals surface area contributed by atoms with E-state index in [1.54, 1.807) is 11.2 Å². The molecule has 2 fully saturated rings. The molecule has 2 rings (SSSR count). The highest BCUT2D eigenvalue weighted by Gasteiger charge is 2.46. The van der Waals surface area contributed by atoms with E-state index in [0.29, 0.717) is 24.6 Å². The Bertz CT molecular complexity index is 382. The standard InChI is InChI=1S/C12H20N2O3S/c1-3-9-11(15)13-10(8-4-5-8)12(16)14(9)6-7-18(2)17/h8-10H,3-7H2,1-2H3,(H,13,15). The highest BCUT2D eigenvalue weighted by atomic mass is 32.2. The summed E-state index contributed by atoms with van der Waals surface area (Å²) in [4.78, 5) is 26.0. The summed E-state index contributed by atoms with van der Waals surface area (Å²) in [7, 11) is -0.942. The molecule has 0 aromatic carbocycles. The first-order valence-electron chi connectivity index (χ1n) is 6.45. The van der Waals surface area contributed by atoms with Crippen molar-refractivity contribution in [3.63, 3.8) is 0 Å². The van der Waals surface area contributed by atoms with Crippen LogP contribution in [0.25, 0.3) is 0 Å². The van der Waals surface area contributed by atoms with E-state index in [9.17, 15) is 13.8 Å². The van der Waals surface area contributed by atoms with E-state index in [1.165, 1.54) is 0 Å². The van der Waals surface area contributed by atoms with Crippen LogP contribution in [0.4, 0.5) is 0 Å². The van der Waals surface area contributed by atoms with Crippen molar-refractivity contribution in [1.29, 1.82) is 0 Å². The van der Waals surface area contributed by atoms with Crippen molar-refractivity contribution in [1.82, 2.24) is 10.2 Å². The summed E-state index contributed by atoms with van der Waals surface area (Å²) in [5, 5.41) is 2.84. The maximum Gasteiger partial charge on any atom is 0.246 e. The largest absolute Gasteiger partial charge is 0.342 e. The summed E-state index contributed by atoms with van der Waals surface area (Å²) in [5.41, 5.74) is 0. The molecule has 1 aliphatic carbocycles. The second-order valence-corrected chi connectivity index (χ2v) is 6.61. The molecule has 1 aliphatic heterocycles. The number of piperazine rings is 1. The average Bonchev–Trinajstić information content (AvgIpc) is 3.13. The van der Waals surface area contributed by atoms with Crippen LogP contribution < -0.4 is 5.32 Å². The van der Waals surface area contributed by atoms with Gasteiger partial charge in [-0.3, -0.25) is 13.8 Å². The first-order valence-corrected chi connectivity index (χ1v) is 8.18. The van der Waals surface area contributed by atoms with Crippen LogP contribution in [0.5, 0.6) is 0 Å². The molecule has 0 radical (unpaired) electrons. The number of hydrogen-bond acceptors (Lipinski definition) is 3. The van der Waals surface area contributed by atoms with Crippen molar-refractivity contribution in [3.05, 3.63) is 0 Å². The maximum atomic E-state index is 12.3. The van der Waals surface area contributed by atoms with E-state index < -0.39 is 16.8 Å². The minimum Gasteiger partial charge on any atom is -0.342 e. The zero-order valence-electron chi connectivity index (χ0n) is 10.8.